The molecule has 1 aromatic heterocycles. The largest absolute Gasteiger partial charge is 0.550 e. The molecule has 0 bridgehead atoms. The van der Waals surface area contributed by atoms with E-state index in [4.69, 9.17) is 10.8 Å². The van der Waals surface area contributed by atoms with Crippen LogP contribution in [0.15, 0.2) is 12.3 Å². The van der Waals surface area contributed by atoms with E-state index in [1.54, 1.807) is 12.3 Å². The number of carboxylic acid groups (broad SMARTS) is 2. The molecule has 7 nitrogen and oxygen atoms in total. The molecule has 7 heteroatoms. The summed E-state index contributed by atoms with van der Waals surface area (Å²) in [4.78, 5) is 19.1. The molecule has 0 saturated heterocycles. The molecule has 0 aliphatic carbocycles. The van der Waals surface area contributed by atoms with Crippen LogP contribution in [0.4, 0.5) is 5.82 Å². The number of carbonyl (C=O) groups excluding carboxylic acids is 1. The Labute approximate surface area is 79.5 Å². The predicted octanol–water partition coefficient (Wildman–Crippen LogP) is -1.99. The van der Waals surface area contributed by atoms with Crippen molar-refractivity contribution in [2.45, 2.75) is 12.8 Å². The summed E-state index contributed by atoms with van der Waals surface area (Å²) in [5.74, 6) is -1.78. The van der Waals surface area contributed by atoms with Gasteiger partial charge >= 0.3 is 5.97 Å². The highest BCUT2D eigenvalue weighted by Crippen LogP contribution is 1.84. The molecule has 1 rings (SSSR count). The summed E-state index contributed by atoms with van der Waals surface area (Å²) >= 11 is 0. The fourth-order valence-electron chi connectivity index (χ4n) is 0.507. The second kappa shape index (κ2) is 6.46. The van der Waals surface area contributed by atoms with Crippen LogP contribution in [0, 0.1) is 0 Å². The smallest absolute Gasteiger partial charge is 0.303 e. The molecule has 78 valence electrons. The first kappa shape index (κ1) is 11.9. The molecule has 0 fully saturated rings. The first-order valence-electron chi connectivity index (χ1n) is 3.74. The van der Waals surface area contributed by atoms with Gasteiger partial charge in [-0.3, -0.25) is 4.79 Å². The van der Waals surface area contributed by atoms with Gasteiger partial charge in [-0.05, 0) is 6.42 Å². The first-order valence-corrected chi connectivity index (χ1v) is 3.74. The van der Waals surface area contributed by atoms with Gasteiger partial charge < -0.3 is 20.7 Å². The predicted molar refractivity (Wildman–Crippen MR) is 43.6 cm³/mol. The Morgan fingerprint density at radius 3 is 2.36 bits per heavy atom. The molecule has 0 atom stereocenters. The summed E-state index contributed by atoms with van der Waals surface area (Å²) in [5, 5.41) is 22.7. The first-order chi connectivity index (χ1) is 6.52. The number of hydrogen-bond acceptors (Lipinski definition) is 4. The number of H-pyrrole nitrogens is 2. The van der Waals surface area contributed by atoms with Crippen molar-refractivity contribution in [2.24, 2.45) is 0 Å². The van der Waals surface area contributed by atoms with Crippen LogP contribution in [-0.4, -0.2) is 22.1 Å². The molecule has 0 aliphatic heterocycles. The quantitative estimate of drug-likeness (QED) is 0.520. The van der Waals surface area contributed by atoms with Crippen LogP contribution in [-0.2, 0) is 9.59 Å². The molecule has 0 unspecified atom stereocenters. The van der Waals surface area contributed by atoms with E-state index in [1.807, 2.05) is 0 Å². The third kappa shape index (κ3) is 8.05. The Kier molecular flexibility index (Phi) is 5.52. The third-order valence-corrected chi connectivity index (χ3v) is 1.11. The van der Waals surface area contributed by atoms with Crippen molar-refractivity contribution in [3.8, 4) is 0 Å². The number of anilines is 1. The number of hydrogen-bond donors (Lipinski definition) is 3. The van der Waals surface area contributed by atoms with Gasteiger partial charge in [0.15, 0.2) is 12.0 Å². The van der Waals surface area contributed by atoms with Crippen LogP contribution in [0.25, 0.3) is 0 Å². The third-order valence-electron chi connectivity index (χ3n) is 1.11. The number of rotatable bonds is 3. The van der Waals surface area contributed by atoms with Gasteiger partial charge in [0.25, 0.3) is 0 Å². The van der Waals surface area contributed by atoms with Crippen molar-refractivity contribution >= 4 is 17.8 Å². The summed E-state index contributed by atoms with van der Waals surface area (Å²) in [7, 11) is 0. The minimum atomic E-state index is -1.33. The van der Waals surface area contributed by atoms with Gasteiger partial charge in [0.1, 0.15) is 0 Å². The van der Waals surface area contributed by atoms with E-state index in [2.05, 4.69) is 10.2 Å². The fraction of sp³-hybridized carbons (Fsp3) is 0.286. The Balaban J connectivity index is 0.000000249. The minimum absolute atomic E-state index is 0.359. The lowest BCUT2D eigenvalue weighted by molar-refractivity contribution is -0.447. The van der Waals surface area contributed by atoms with E-state index in [9.17, 15) is 14.7 Å². The van der Waals surface area contributed by atoms with E-state index in [0.29, 0.717) is 5.82 Å². The van der Waals surface area contributed by atoms with Crippen LogP contribution in [0.3, 0.4) is 0 Å². The number of aliphatic carboxylic acids is 2. The topological polar surface area (TPSA) is 133 Å². The maximum Gasteiger partial charge on any atom is 0.303 e. The highest BCUT2D eigenvalue weighted by atomic mass is 16.4. The van der Waals surface area contributed by atoms with Crippen molar-refractivity contribution in [3.05, 3.63) is 12.3 Å². The average molecular weight is 201 g/mol. The standard InChI is InChI=1S/C4H6O4.C3H5N3/c5-3(6)1-2-4(7)8;4-3-1-2-5-6-3/h1-2H2,(H,5,6)(H,7,8);1-2H,(H3,4,5,6). The van der Waals surface area contributed by atoms with Gasteiger partial charge in [-0.1, -0.05) is 0 Å². The Bertz CT molecular complexity index is 269. The molecule has 14 heavy (non-hydrogen) atoms. The van der Waals surface area contributed by atoms with E-state index >= 15 is 0 Å². The molecule has 0 saturated carbocycles. The molecule has 1 heterocycles. The average Bonchev–Trinajstić information content (AvgIpc) is 2.53. The summed E-state index contributed by atoms with van der Waals surface area (Å²) < 4.78 is 0. The van der Waals surface area contributed by atoms with Crippen molar-refractivity contribution < 1.29 is 24.9 Å². The lowest BCUT2D eigenvalue weighted by Gasteiger charge is -1.94. The second-order valence-corrected chi connectivity index (χ2v) is 2.32. The summed E-state index contributed by atoms with van der Waals surface area (Å²) in [6.45, 7) is 0. The summed E-state index contributed by atoms with van der Waals surface area (Å²) in [6.07, 6.45) is 0.965. The summed E-state index contributed by atoms with van der Waals surface area (Å²) in [6, 6.07) is 1.75. The molecule has 0 radical (unpaired) electrons. The highest BCUT2D eigenvalue weighted by molar-refractivity contribution is 5.74. The molecule has 5 N–H and O–H groups in total. The number of aromatic nitrogens is 2. The number of carboxylic acids is 2. The minimum Gasteiger partial charge on any atom is -0.550 e. The molecular formula is C7H11N3O4. The van der Waals surface area contributed by atoms with E-state index in [-0.39, 0.29) is 6.42 Å². The van der Waals surface area contributed by atoms with Crippen LogP contribution >= 0.6 is 0 Å². The normalized spacial score (nSPS) is 8.57. The number of aromatic amines is 2. The number of nitrogens with two attached hydrogens (primary N) is 1. The Morgan fingerprint density at radius 1 is 1.57 bits per heavy atom. The molecular weight excluding hydrogens is 190 g/mol. The van der Waals surface area contributed by atoms with E-state index < -0.39 is 18.4 Å². The van der Waals surface area contributed by atoms with Crippen LogP contribution < -0.4 is 15.9 Å². The monoisotopic (exact) mass is 201 g/mol. The van der Waals surface area contributed by atoms with Crippen molar-refractivity contribution in [3.63, 3.8) is 0 Å². The van der Waals surface area contributed by atoms with Gasteiger partial charge in [0.05, 0.1) is 6.42 Å². The summed E-state index contributed by atoms with van der Waals surface area (Å²) in [5.41, 5.74) is 5.19. The zero-order valence-corrected chi connectivity index (χ0v) is 7.32. The highest BCUT2D eigenvalue weighted by Gasteiger charge is 1.93. The molecule has 0 spiro atoms. The van der Waals surface area contributed by atoms with Crippen molar-refractivity contribution in [2.75, 3.05) is 5.73 Å². The van der Waals surface area contributed by atoms with E-state index in [0.717, 1.165) is 0 Å². The lowest BCUT2D eigenvalue weighted by Crippen LogP contribution is -2.22. The van der Waals surface area contributed by atoms with Crippen molar-refractivity contribution in [1.29, 1.82) is 0 Å². The van der Waals surface area contributed by atoms with Crippen LogP contribution in [0.2, 0.25) is 0 Å². The maximum atomic E-state index is 9.61. The number of nitrogen functional groups attached to an aromatic ring is 1. The van der Waals surface area contributed by atoms with Gasteiger partial charge in [-0.25, -0.2) is 0 Å². The zero-order chi connectivity index (χ0) is 11.0. The Morgan fingerprint density at radius 2 is 2.21 bits per heavy atom. The van der Waals surface area contributed by atoms with Crippen LogP contribution in [0.5, 0.6) is 0 Å². The van der Waals surface area contributed by atoms with Gasteiger partial charge in [0.2, 0.25) is 0 Å². The molecule has 0 aromatic carbocycles. The Hall–Kier alpha value is -2.05. The van der Waals surface area contributed by atoms with Gasteiger partial charge in [-0.15, -0.1) is 5.10 Å². The van der Waals surface area contributed by atoms with Gasteiger partial charge in [-0.2, -0.15) is 5.10 Å². The molecule has 1 aromatic rings. The number of nitrogens with one attached hydrogen (secondary N) is 2. The lowest BCUT2D eigenvalue weighted by atomic mass is 10.3. The van der Waals surface area contributed by atoms with E-state index in [1.165, 1.54) is 0 Å². The van der Waals surface area contributed by atoms with Gasteiger partial charge in [0, 0.05) is 12.0 Å². The maximum absolute atomic E-state index is 9.61. The number of carbonyl (C=O) groups is 2. The van der Waals surface area contributed by atoms with Crippen molar-refractivity contribution in [1.82, 2.24) is 5.10 Å². The van der Waals surface area contributed by atoms with Crippen LogP contribution in [0.1, 0.15) is 12.8 Å². The molecule has 0 aliphatic rings. The zero-order valence-electron chi connectivity index (χ0n) is 7.32. The second-order valence-electron chi connectivity index (χ2n) is 2.32. The fourth-order valence-corrected chi connectivity index (χ4v) is 0.507. The SMILES string of the molecule is Nc1cc[nH+][nH]1.O=C([O-])CCC(=O)O. The molecule has 0 amide bonds.